The maximum atomic E-state index is 14.5. The maximum absolute atomic E-state index is 14.5. The van der Waals surface area contributed by atoms with Crippen LogP contribution in [0.1, 0.15) is 70.9 Å². The Hall–Kier alpha value is -8.34. The van der Waals surface area contributed by atoms with Crippen molar-refractivity contribution in [1.82, 2.24) is 41.8 Å². The third-order valence-corrected chi connectivity index (χ3v) is 12.9. The van der Waals surface area contributed by atoms with E-state index in [2.05, 4.69) is 48.5 Å². The molecule has 3 aromatic rings. The van der Waals surface area contributed by atoms with Gasteiger partial charge in [-0.1, -0.05) is 92.8 Å². The van der Waals surface area contributed by atoms with Crippen molar-refractivity contribution >= 4 is 70.2 Å². The minimum atomic E-state index is -1.85. The number of ether oxygens (including phenoxy) is 1. The van der Waals surface area contributed by atoms with Crippen LogP contribution in [0.4, 0.5) is 0 Å². The standard InChI is InChI=1S/C53H71N11O12/c1-29(24-30(2)43(76-7)25-34-14-9-8-10-15-34)19-20-37-31(3)46(68)61-40(52(74)75)21-22-44(65)64(6)33(5)48(70)58-32(4)47(69)62-41(26-35-28-57-38-17-12-11-16-36(35)38)50(72)63-42(27-45(66)67)51(73)60-39(49(71)59-37)18-13-23-56-53(54)55/h8-12,14-17,19-20,24,28,30-32,37,39-43,57H,5,13,18,21-23,25-27H2,1-4,6-7H3,(H,58,70)(H,59,71)(H,60,73)(H,61,68)(H,62,69)(H,63,72)(H,66,67)(H,74,75)(H4,54,55,56)/b20-19+,29-24+/t30-,31-,32+,37?,39-,40+,41-,42?,43-/m0/s1. The predicted molar refractivity (Wildman–Crippen MR) is 282 cm³/mol. The summed E-state index contributed by atoms with van der Waals surface area (Å²) in [6.07, 6.45) is 4.90. The summed E-state index contributed by atoms with van der Waals surface area (Å²) in [5, 5.41) is 36.1. The number of carboxylic acid groups (broad SMARTS) is 2. The number of carboxylic acids is 2. The van der Waals surface area contributed by atoms with Gasteiger partial charge in [0.25, 0.3) is 5.91 Å². The molecule has 0 bridgehead atoms. The van der Waals surface area contributed by atoms with Gasteiger partial charge in [-0.15, -0.1) is 0 Å². The highest BCUT2D eigenvalue weighted by atomic mass is 16.5. The van der Waals surface area contributed by atoms with Crippen molar-refractivity contribution in [3.8, 4) is 0 Å². The number of benzene rings is 2. The summed E-state index contributed by atoms with van der Waals surface area (Å²) >= 11 is 0. The minimum Gasteiger partial charge on any atom is -0.481 e. The van der Waals surface area contributed by atoms with Gasteiger partial charge in [0.05, 0.1) is 24.5 Å². The molecule has 1 aliphatic rings. The summed E-state index contributed by atoms with van der Waals surface area (Å²) in [6, 6.07) is 7.77. The van der Waals surface area contributed by atoms with Gasteiger partial charge >= 0.3 is 11.9 Å². The Morgan fingerprint density at radius 1 is 0.855 bits per heavy atom. The van der Waals surface area contributed by atoms with E-state index in [1.165, 1.54) is 27.0 Å². The summed E-state index contributed by atoms with van der Waals surface area (Å²) < 4.78 is 5.83. The number of nitrogens with two attached hydrogens (primary N) is 2. The fraction of sp³-hybridized carbons (Fsp3) is 0.434. The second-order valence-corrected chi connectivity index (χ2v) is 18.7. The lowest BCUT2D eigenvalue weighted by Gasteiger charge is -2.28. The topological polar surface area (TPSA) is 359 Å². The van der Waals surface area contributed by atoms with Crippen molar-refractivity contribution < 1.29 is 58.1 Å². The SMILES string of the molecule is C=C1C(=O)N[C@H](C)C(=O)N[C@@H](Cc2c[nH]c3ccccc23)C(=O)NC(CC(=O)O)C(=O)N[C@@H](CCCN=C(N)N)C(=O)NC(/C=C/C(C)=C/[C@H](C)[C@H](Cc2ccccc2)OC)[C@H](C)C(=O)N[C@@H](C(=O)O)CCC(=O)N1C. The van der Waals surface area contributed by atoms with Gasteiger partial charge in [-0.25, -0.2) is 4.79 Å². The van der Waals surface area contributed by atoms with Gasteiger partial charge in [0, 0.05) is 56.6 Å². The first-order valence-electron chi connectivity index (χ1n) is 24.8. The second kappa shape index (κ2) is 28.9. The molecule has 1 aromatic heterocycles. The molecule has 1 saturated heterocycles. The number of nitrogens with zero attached hydrogens (tertiary/aromatic N) is 2. The molecule has 13 N–H and O–H groups in total. The zero-order valence-electron chi connectivity index (χ0n) is 43.6. The molecule has 1 aliphatic heterocycles. The Morgan fingerprint density at radius 2 is 1.49 bits per heavy atom. The van der Waals surface area contributed by atoms with E-state index >= 15 is 0 Å². The zero-order valence-corrected chi connectivity index (χ0v) is 43.6. The first-order chi connectivity index (χ1) is 36.0. The van der Waals surface area contributed by atoms with Crippen LogP contribution in [0.25, 0.3) is 10.9 Å². The number of likely N-dealkylation sites (N-methyl/N-ethyl adjacent to an activating group) is 1. The molecule has 0 aliphatic carbocycles. The first kappa shape index (κ1) is 60.2. The number of rotatable bonds is 16. The summed E-state index contributed by atoms with van der Waals surface area (Å²) in [4.78, 5) is 131. The van der Waals surface area contributed by atoms with Crippen LogP contribution in [0.5, 0.6) is 0 Å². The second-order valence-electron chi connectivity index (χ2n) is 18.7. The van der Waals surface area contributed by atoms with E-state index in [9.17, 15) is 53.4 Å². The Morgan fingerprint density at radius 3 is 2.14 bits per heavy atom. The molecule has 1 fully saturated rings. The van der Waals surface area contributed by atoms with Crippen LogP contribution in [0.15, 0.2) is 102 Å². The normalized spacial score (nSPS) is 23.3. The highest BCUT2D eigenvalue weighted by molar-refractivity contribution is 6.01. The van der Waals surface area contributed by atoms with Crippen molar-refractivity contribution in [3.63, 3.8) is 0 Å². The lowest BCUT2D eigenvalue weighted by Crippen LogP contribution is -2.59. The van der Waals surface area contributed by atoms with Crippen molar-refractivity contribution in [3.05, 3.63) is 108 Å². The first-order valence-corrected chi connectivity index (χ1v) is 24.8. The average molecular weight is 1050 g/mol. The van der Waals surface area contributed by atoms with E-state index in [1.54, 1.807) is 50.6 Å². The molecular formula is C53H71N11O12. The fourth-order valence-electron chi connectivity index (χ4n) is 8.30. The molecule has 7 amide bonds. The van der Waals surface area contributed by atoms with Crippen LogP contribution in [0, 0.1) is 11.8 Å². The number of hydrogen-bond donors (Lipinski definition) is 11. The average Bonchev–Trinajstić information content (AvgIpc) is 3.79. The number of aromatic amines is 1. The number of carbonyl (C=O) groups excluding carboxylic acids is 7. The number of aliphatic carboxylic acids is 2. The van der Waals surface area contributed by atoms with Gasteiger partial charge in [0.15, 0.2) is 5.96 Å². The molecular weight excluding hydrogens is 983 g/mol. The van der Waals surface area contributed by atoms with Crippen LogP contribution in [-0.4, -0.2) is 142 Å². The molecule has 0 saturated carbocycles. The Kier molecular flexibility index (Phi) is 22.9. The zero-order chi connectivity index (χ0) is 56.2. The van der Waals surface area contributed by atoms with E-state index < -0.39 is 120 Å². The van der Waals surface area contributed by atoms with E-state index in [0.29, 0.717) is 28.5 Å². The van der Waals surface area contributed by atoms with E-state index in [-0.39, 0.29) is 43.8 Å². The number of para-hydroxylation sites is 1. The molecule has 2 unspecified atom stereocenters. The van der Waals surface area contributed by atoms with Crippen molar-refractivity contribution in [2.75, 3.05) is 20.7 Å². The number of guanidine groups is 1. The summed E-state index contributed by atoms with van der Waals surface area (Å²) in [7, 11) is 2.82. The van der Waals surface area contributed by atoms with Crippen molar-refractivity contribution in [1.29, 1.82) is 0 Å². The van der Waals surface area contributed by atoms with Gasteiger partial charge in [0.1, 0.15) is 35.9 Å². The van der Waals surface area contributed by atoms with Gasteiger partial charge in [-0.3, -0.25) is 43.3 Å². The van der Waals surface area contributed by atoms with Crippen LogP contribution < -0.4 is 43.4 Å². The summed E-state index contributed by atoms with van der Waals surface area (Å²) in [6.45, 7) is 10.1. The predicted octanol–water partition coefficient (Wildman–Crippen LogP) is 1.05. The van der Waals surface area contributed by atoms with Crippen molar-refractivity contribution in [2.45, 2.75) is 115 Å². The Balaban J connectivity index is 1.79. The lowest BCUT2D eigenvalue weighted by atomic mass is 9.94. The van der Waals surface area contributed by atoms with E-state index in [1.807, 2.05) is 43.3 Å². The number of allylic oxidation sites excluding steroid dienone is 2. The number of aromatic nitrogens is 1. The lowest BCUT2D eigenvalue weighted by molar-refractivity contribution is -0.143. The van der Waals surface area contributed by atoms with Crippen molar-refractivity contribution in [2.24, 2.45) is 28.3 Å². The number of nitrogens with one attached hydrogen (secondary N) is 7. The van der Waals surface area contributed by atoms with Gasteiger partial charge < -0.3 is 68.2 Å². The molecule has 0 radical (unpaired) electrons. The van der Waals surface area contributed by atoms with Gasteiger partial charge in [-0.05, 0) is 56.7 Å². The molecule has 23 heteroatoms. The molecule has 2 heterocycles. The Labute approximate surface area is 440 Å². The monoisotopic (exact) mass is 1050 g/mol. The van der Waals surface area contributed by atoms with Crippen LogP contribution in [-0.2, 0) is 60.7 Å². The number of H-pyrrole nitrogens is 1. The van der Waals surface area contributed by atoms with Gasteiger partial charge in [-0.2, -0.15) is 0 Å². The molecule has 23 nitrogen and oxygen atoms in total. The number of methoxy groups -OCH3 is 1. The van der Waals surface area contributed by atoms with Gasteiger partial charge in [0.2, 0.25) is 35.4 Å². The molecule has 410 valence electrons. The third kappa shape index (κ3) is 18.2. The molecule has 76 heavy (non-hydrogen) atoms. The summed E-state index contributed by atoms with van der Waals surface area (Å²) in [5.41, 5.74) is 13.7. The van der Waals surface area contributed by atoms with Crippen LogP contribution in [0.3, 0.4) is 0 Å². The molecule has 0 spiro atoms. The molecule has 2 aromatic carbocycles. The number of carbonyl (C=O) groups is 9. The number of amides is 7. The summed E-state index contributed by atoms with van der Waals surface area (Å²) in [5.74, 6) is -11.1. The fourth-order valence-corrected chi connectivity index (χ4v) is 8.30. The van der Waals surface area contributed by atoms with E-state index in [0.717, 1.165) is 10.5 Å². The largest absolute Gasteiger partial charge is 0.481 e. The van der Waals surface area contributed by atoms with E-state index in [4.69, 9.17) is 16.2 Å². The maximum Gasteiger partial charge on any atom is 0.326 e. The minimum absolute atomic E-state index is 0.00853. The molecule has 4 rings (SSSR count). The number of fused-ring (bicyclic) bond motifs is 1. The van der Waals surface area contributed by atoms with Crippen LogP contribution >= 0.6 is 0 Å². The van der Waals surface area contributed by atoms with Crippen LogP contribution in [0.2, 0.25) is 0 Å². The Bertz CT molecular complexity index is 2680. The third-order valence-electron chi connectivity index (χ3n) is 12.9. The quantitative estimate of drug-likeness (QED) is 0.0314. The highest BCUT2D eigenvalue weighted by Crippen LogP contribution is 2.21. The number of hydrogen-bond acceptors (Lipinski definition) is 11. The smallest absolute Gasteiger partial charge is 0.326 e. The number of aliphatic imine (C=N–C) groups is 1. The highest BCUT2D eigenvalue weighted by Gasteiger charge is 2.35. The molecule has 9 atom stereocenters.